The Hall–Kier alpha value is -1.92. The van der Waals surface area contributed by atoms with Gasteiger partial charge in [0.05, 0.1) is 4.90 Å². The molecule has 1 heterocycles. The lowest BCUT2D eigenvalue weighted by molar-refractivity contribution is 0.110. The van der Waals surface area contributed by atoms with Crippen LogP contribution in [0.15, 0.2) is 39.6 Å². The highest BCUT2D eigenvalue weighted by atomic mass is 32.2. The first kappa shape index (κ1) is 12.5. The number of sulfonamides is 1. The molecule has 0 spiro atoms. The molecule has 0 unspecified atom stereocenters. The van der Waals surface area contributed by atoms with Crippen molar-refractivity contribution in [3.8, 4) is 11.3 Å². The Balaban J connectivity index is 2.59. The van der Waals surface area contributed by atoms with Gasteiger partial charge in [-0.3, -0.25) is 4.79 Å². The number of aryl methyl sites for hydroxylation is 1. The van der Waals surface area contributed by atoms with Gasteiger partial charge >= 0.3 is 0 Å². The minimum atomic E-state index is -3.76. The number of carbonyl (C=O) groups is 1. The van der Waals surface area contributed by atoms with Gasteiger partial charge in [-0.05, 0) is 36.8 Å². The van der Waals surface area contributed by atoms with Gasteiger partial charge in [-0.2, -0.15) is 0 Å². The van der Waals surface area contributed by atoms with Crippen LogP contribution in [0.4, 0.5) is 0 Å². The van der Waals surface area contributed by atoms with Crippen LogP contribution in [0.5, 0.6) is 0 Å². The number of hydrogen-bond acceptors (Lipinski definition) is 4. The standard InChI is InChI=1S/C12H11NO4S/c1-8-2-4-10(18(13,15)16)6-11(8)12-5-3-9(7-14)17-12/h2-7H,1H3,(H2,13,15,16). The molecule has 2 rings (SSSR count). The number of rotatable bonds is 3. The van der Waals surface area contributed by atoms with Crippen molar-refractivity contribution in [1.29, 1.82) is 0 Å². The highest BCUT2D eigenvalue weighted by molar-refractivity contribution is 7.89. The monoisotopic (exact) mass is 265 g/mol. The Morgan fingerprint density at radius 3 is 2.50 bits per heavy atom. The Morgan fingerprint density at radius 1 is 1.22 bits per heavy atom. The summed E-state index contributed by atoms with van der Waals surface area (Å²) in [5.74, 6) is 0.616. The molecule has 1 aromatic heterocycles. The van der Waals surface area contributed by atoms with Crippen LogP contribution in [0.1, 0.15) is 16.1 Å². The van der Waals surface area contributed by atoms with Crippen LogP contribution in [-0.4, -0.2) is 14.7 Å². The van der Waals surface area contributed by atoms with Crippen LogP contribution in [0.3, 0.4) is 0 Å². The quantitative estimate of drug-likeness (QED) is 0.855. The molecule has 0 fully saturated rings. The lowest BCUT2D eigenvalue weighted by atomic mass is 10.1. The molecule has 1 aromatic carbocycles. The van der Waals surface area contributed by atoms with E-state index in [2.05, 4.69) is 0 Å². The van der Waals surface area contributed by atoms with Crippen LogP contribution < -0.4 is 5.14 Å². The van der Waals surface area contributed by atoms with E-state index in [1.807, 2.05) is 6.92 Å². The molecule has 0 aliphatic carbocycles. The second kappa shape index (κ2) is 4.40. The summed E-state index contributed by atoms with van der Waals surface area (Å²) in [6, 6.07) is 7.62. The van der Waals surface area contributed by atoms with Crippen molar-refractivity contribution in [1.82, 2.24) is 0 Å². The lowest BCUT2D eigenvalue weighted by Crippen LogP contribution is -2.12. The van der Waals surface area contributed by atoms with Crippen molar-refractivity contribution >= 4 is 16.3 Å². The van der Waals surface area contributed by atoms with E-state index in [0.29, 0.717) is 17.6 Å². The maximum atomic E-state index is 11.3. The zero-order valence-corrected chi connectivity index (χ0v) is 10.4. The summed E-state index contributed by atoms with van der Waals surface area (Å²) >= 11 is 0. The summed E-state index contributed by atoms with van der Waals surface area (Å²) in [6.07, 6.45) is 0.586. The fraction of sp³-hybridized carbons (Fsp3) is 0.0833. The molecule has 0 aliphatic rings. The van der Waals surface area contributed by atoms with E-state index < -0.39 is 10.0 Å². The van der Waals surface area contributed by atoms with Crippen LogP contribution >= 0.6 is 0 Å². The van der Waals surface area contributed by atoms with E-state index in [1.165, 1.54) is 18.2 Å². The summed E-state index contributed by atoms with van der Waals surface area (Å²) in [7, 11) is -3.76. The zero-order chi connectivity index (χ0) is 13.3. The second-order valence-electron chi connectivity index (χ2n) is 3.84. The number of benzene rings is 1. The molecule has 6 heteroatoms. The molecule has 0 radical (unpaired) electrons. The largest absolute Gasteiger partial charge is 0.453 e. The Bertz CT molecular complexity index is 701. The molecule has 0 saturated carbocycles. The first-order valence-corrected chi connectivity index (χ1v) is 6.65. The first-order valence-electron chi connectivity index (χ1n) is 5.10. The summed E-state index contributed by atoms with van der Waals surface area (Å²) in [4.78, 5) is 10.6. The molecule has 0 aliphatic heterocycles. The van der Waals surface area contributed by atoms with Gasteiger partial charge in [0.25, 0.3) is 0 Å². The average Bonchev–Trinajstić information content (AvgIpc) is 2.76. The maximum Gasteiger partial charge on any atom is 0.238 e. The van der Waals surface area contributed by atoms with Gasteiger partial charge in [0.1, 0.15) is 5.76 Å². The summed E-state index contributed by atoms with van der Waals surface area (Å²) in [6.45, 7) is 1.81. The van der Waals surface area contributed by atoms with Gasteiger partial charge in [-0.1, -0.05) is 6.07 Å². The molecule has 94 valence electrons. The van der Waals surface area contributed by atoms with Crippen molar-refractivity contribution < 1.29 is 17.6 Å². The maximum absolute atomic E-state index is 11.3. The molecule has 0 amide bonds. The number of hydrogen-bond donors (Lipinski definition) is 1. The number of aldehydes is 1. The summed E-state index contributed by atoms with van der Waals surface area (Å²) < 4.78 is 27.8. The Labute approximate surface area is 104 Å². The number of furan rings is 1. The smallest absolute Gasteiger partial charge is 0.238 e. The minimum absolute atomic E-state index is 0.00662. The molecular formula is C12H11NO4S. The van der Waals surface area contributed by atoms with Gasteiger partial charge < -0.3 is 4.42 Å². The van der Waals surface area contributed by atoms with Crippen LogP contribution in [0.25, 0.3) is 11.3 Å². The SMILES string of the molecule is Cc1ccc(S(N)(=O)=O)cc1-c1ccc(C=O)o1. The average molecular weight is 265 g/mol. The molecule has 18 heavy (non-hydrogen) atoms. The van der Waals surface area contributed by atoms with Gasteiger partial charge in [0.15, 0.2) is 12.0 Å². The van der Waals surface area contributed by atoms with Crippen LogP contribution in [-0.2, 0) is 10.0 Å². The van der Waals surface area contributed by atoms with Crippen molar-refractivity contribution in [3.05, 3.63) is 41.7 Å². The van der Waals surface area contributed by atoms with E-state index in [-0.39, 0.29) is 10.7 Å². The molecule has 2 N–H and O–H groups in total. The third-order valence-corrected chi connectivity index (χ3v) is 3.46. The van der Waals surface area contributed by atoms with Crippen LogP contribution in [0, 0.1) is 6.92 Å². The molecule has 5 nitrogen and oxygen atoms in total. The van der Waals surface area contributed by atoms with E-state index in [9.17, 15) is 13.2 Å². The fourth-order valence-electron chi connectivity index (χ4n) is 1.60. The molecule has 0 saturated heterocycles. The normalized spacial score (nSPS) is 11.4. The van der Waals surface area contributed by atoms with E-state index >= 15 is 0 Å². The summed E-state index contributed by atoms with van der Waals surface area (Å²) in [5.41, 5.74) is 1.42. The van der Waals surface area contributed by atoms with Gasteiger partial charge in [0.2, 0.25) is 10.0 Å². The minimum Gasteiger partial charge on any atom is -0.453 e. The fourth-order valence-corrected chi connectivity index (χ4v) is 2.14. The molecule has 2 aromatic rings. The van der Waals surface area contributed by atoms with E-state index in [1.54, 1.807) is 12.1 Å². The van der Waals surface area contributed by atoms with Gasteiger partial charge in [0, 0.05) is 5.56 Å². The highest BCUT2D eigenvalue weighted by Crippen LogP contribution is 2.27. The van der Waals surface area contributed by atoms with Crippen LogP contribution in [0.2, 0.25) is 0 Å². The van der Waals surface area contributed by atoms with Crippen molar-refractivity contribution in [2.24, 2.45) is 5.14 Å². The van der Waals surface area contributed by atoms with Gasteiger partial charge in [-0.15, -0.1) is 0 Å². The number of nitrogens with two attached hydrogens (primary N) is 1. The topological polar surface area (TPSA) is 90.4 Å². The third kappa shape index (κ3) is 2.34. The first-order chi connectivity index (χ1) is 8.41. The molecular weight excluding hydrogens is 254 g/mol. The van der Waals surface area contributed by atoms with Gasteiger partial charge in [-0.25, -0.2) is 13.6 Å². The Kier molecular flexibility index (Phi) is 3.06. The number of carbonyl (C=O) groups excluding carboxylic acids is 1. The second-order valence-corrected chi connectivity index (χ2v) is 5.40. The molecule has 0 bridgehead atoms. The predicted molar refractivity (Wildman–Crippen MR) is 65.6 cm³/mol. The number of primary sulfonamides is 1. The Morgan fingerprint density at radius 2 is 1.94 bits per heavy atom. The van der Waals surface area contributed by atoms with Crippen molar-refractivity contribution in [2.75, 3.05) is 0 Å². The summed E-state index contributed by atoms with van der Waals surface area (Å²) in [5, 5.41) is 5.07. The zero-order valence-electron chi connectivity index (χ0n) is 9.58. The van der Waals surface area contributed by atoms with Crippen molar-refractivity contribution in [3.63, 3.8) is 0 Å². The third-order valence-electron chi connectivity index (χ3n) is 2.55. The highest BCUT2D eigenvalue weighted by Gasteiger charge is 2.13. The van der Waals surface area contributed by atoms with Crippen molar-refractivity contribution in [2.45, 2.75) is 11.8 Å². The predicted octanol–water partition coefficient (Wildman–Crippen LogP) is 1.71. The molecule has 0 atom stereocenters. The van der Waals surface area contributed by atoms with E-state index in [4.69, 9.17) is 9.56 Å². The lowest BCUT2D eigenvalue weighted by Gasteiger charge is -2.05. The van der Waals surface area contributed by atoms with E-state index in [0.717, 1.165) is 5.56 Å².